The van der Waals surface area contributed by atoms with Gasteiger partial charge in [-0.15, -0.1) is 0 Å². The maximum atomic E-state index is 10.9. The molecule has 19 heavy (non-hydrogen) atoms. The van der Waals surface area contributed by atoms with Crippen molar-refractivity contribution in [1.82, 2.24) is 9.80 Å². The normalized spacial score (nSPS) is 20.1. The molecule has 1 aliphatic rings. The van der Waals surface area contributed by atoms with Gasteiger partial charge in [-0.05, 0) is 38.2 Å². The van der Waals surface area contributed by atoms with Gasteiger partial charge in [-0.1, -0.05) is 17.7 Å². The highest BCUT2D eigenvalue weighted by Crippen LogP contribution is 2.22. The Balaban J connectivity index is 2.02. The molecule has 0 saturated carbocycles. The molecule has 0 bridgehead atoms. The summed E-state index contributed by atoms with van der Waals surface area (Å²) in [6.45, 7) is 2.87. The van der Waals surface area contributed by atoms with Gasteiger partial charge in [0, 0.05) is 30.7 Å². The van der Waals surface area contributed by atoms with Crippen LogP contribution < -0.4 is 0 Å². The zero-order valence-corrected chi connectivity index (χ0v) is 12.0. The van der Waals surface area contributed by atoms with Crippen molar-refractivity contribution in [3.05, 3.63) is 34.3 Å². The molecule has 2 rings (SSSR count). The molecule has 1 atom stereocenters. The van der Waals surface area contributed by atoms with Gasteiger partial charge in [-0.3, -0.25) is 4.90 Å². The molecule has 1 N–H and O–H groups in total. The number of aromatic carboxylic acids is 1. The molecule has 1 aromatic rings. The van der Waals surface area contributed by atoms with Gasteiger partial charge in [0.25, 0.3) is 0 Å². The minimum absolute atomic E-state index is 0.237. The fraction of sp³-hybridized carbons (Fsp3) is 0.500. The number of likely N-dealkylation sites (N-methyl/N-ethyl adjacent to an activating group) is 1. The lowest BCUT2D eigenvalue weighted by Crippen LogP contribution is -2.31. The highest BCUT2D eigenvalue weighted by atomic mass is 35.5. The zero-order chi connectivity index (χ0) is 14.0. The lowest BCUT2D eigenvalue weighted by atomic mass is 10.1. The Bertz CT molecular complexity index is 477. The topological polar surface area (TPSA) is 43.8 Å². The predicted molar refractivity (Wildman–Crippen MR) is 75.8 cm³/mol. The lowest BCUT2D eigenvalue weighted by molar-refractivity contribution is 0.0697. The van der Waals surface area contributed by atoms with Gasteiger partial charge in [0.1, 0.15) is 0 Å². The maximum Gasteiger partial charge on any atom is 0.335 e. The SMILES string of the molecule is CN(C)C1CCN(Cc2ccc(C(=O)O)cc2Cl)C1. The Morgan fingerprint density at radius 3 is 2.79 bits per heavy atom. The van der Waals surface area contributed by atoms with E-state index in [1.807, 2.05) is 6.07 Å². The van der Waals surface area contributed by atoms with Crippen LogP contribution in [0.15, 0.2) is 18.2 Å². The van der Waals surface area contributed by atoms with Gasteiger partial charge in [-0.2, -0.15) is 0 Å². The zero-order valence-electron chi connectivity index (χ0n) is 11.3. The first kappa shape index (κ1) is 14.3. The van der Waals surface area contributed by atoms with E-state index in [1.54, 1.807) is 6.07 Å². The van der Waals surface area contributed by atoms with Crippen LogP contribution in [0, 0.1) is 0 Å². The summed E-state index contributed by atoms with van der Waals surface area (Å²) in [5, 5.41) is 9.44. The molecule has 1 heterocycles. The average Bonchev–Trinajstić information content (AvgIpc) is 2.80. The second-order valence-electron chi connectivity index (χ2n) is 5.25. The van der Waals surface area contributed by atoms with Crippen molar-refractivity contribution >= 4 is 17.6 Å². The highest BCUT2D eigenvalue weighted by Gasteiger charge is 2.24. The molecule has 0 radical (unpaired) electrons. The summed E-state index contributed by atoms with van der Waals surface area (Å²) in [6.07, 6.45) is 1.16. The third kappa shape index (κ3) is 3.47. The van der Waals surface area contributed by atoms with E-state index in [2.05, 4.69) is 23.9 Å². The molecule has 0 spiro atoms. The number of halogens is 1. The van der Waals surface area contributed by atoms with Crippen molar-refractivity contribution in [2.75, 3.05) is 27.2 Å². The van der Waals surface area contributed by atoms with Crippen LogP contribution in [-0.2, 0) is 6.54 Å². The van der Waals surface area contributed by atoms with Gasteiger partial charge >= 0.3 is 5.97 Å². The molecule has 0 aromatic heterocycles. The average molecular weight is 283 g/mol. The lowest BCUT2D eigenvalue weighted by Gasteiger charge is -2.20. The molecule has 1 aliphatic heterocycles. The van der Waals surface area contributed by atoms with Crippen LogP contribution >= 0.6 is 11.6 Å². The van der Waals surface area contributed by atoms with Crippen LogP contribution in [-0.4, -0.2) is 54.1 Å². The Kier molecular flexibility index (Phi) is 4.45. The number of benzene rings is 1. The first-order valence-corrected chi connectivity index (χ1v) is 6.75. The summed E-state index contributed by atoms with van der Waals surface area (Å²) in [4.78, 5) is 15.5. The third-order valence-corrected chi connectivity index (χ3v) is 4.02. The fourth-order valence-electron chi connectivity index (χ4n) is 2.43. The van der Waals surface area contributed by atoms with Crippen LogP contribution in [0.3, 0.4) is 0 Å². The molecule has 0 amide bonds. The van der Waals surface area contributed by atoms with Gasteiger partial charge < -0.3 is 10.0 Å². The Morgan fingerprint density at radius 1 is 1.53 bits per heavy atom. The number of carboxylic acid groups (broad SMARTS) is 1. The standard InChI is InChI=1S/C14H19ClN2O2/c1-16(2)12-5-6-17(9-12)8-11-4-3-10(14(18)19)7-13(11)15/h3-4,7,12H,5-6,8-9H2,1-2H3,(H,18,19). The van der Waals surface area contributed by atoms with E-state index in [1.165, 1.54) is 6.07 Å². The van der Waals surface area contributed by atoms with Crippen LogP contribution in [0.5, 0.6) is 0 Å². The number of nitrogens with zero attached hydrogens (tertiary/aromatic N) is 2. The van der Waals surface area contributed by atoms with Crippen LogP contribution in [0.1, 0.15) is 22.3 Å². The van der Waals surface area contributed by atoms with Gasteiger partial charge in [-0.25, -0.2) is 4.79 Å². The summed E-state index contributed by atoms with van der Waals surface area (Å²) < 4.78 is 0. The maximum absolute atomic E-state index is 10.9. The number of carboxylic acids is 1. The molecule has 1 unspecified atom stereocenters. The molecule has 1 saturated heterocycles. The van der Waals surface area contributed by atoms with E-state index >= 15 is 0 Å². The Labute approximate surface area is 118 Å². The van der Waals surface area contributed by atoms with Gasteiger partial charge in [0.2, 0.25) is 0 Å². The van der Waals surface area contributed by atoms with Crippen molar-refractivity contribution in [3.63, 3.8) is 0 Å². The number of hydrogen-bond acceptors (Lipinski definition) is 3. The smallest absolute Gasteiger partial charge is 0.335 e. The van der Waals surface area contributed by atoms with Crippen molar-refractivity contribution in [2.45, 2.75) is 19.0 Å². The minimum Gasteiger partial charge on any atom is -0.478 e. The Morgan fingerprint density at radius 2 is 2.26 bits per heavy atom. The molecule has 1 fully saturated rings. The molecule has 104 valence electrons. The minimum atomic E-state index is -0.942. The van der Waals surface area contributed by atoms with Crippen molar-refractivity contribution < 1.29 is 9.90 Å². The Hall–Kier alpha value is -1.10. The molecule has 1 aromatic carbocycles. The first-order valence-electron chi connectivity index (χ1n) is 6.38. The quantitative estimate of drug-likeness (QED) is 0.919. The first-order chi connectivity index (χ1) is 8.97. The van der Waals surface area contributed by atoms with E-state index in [9.17, 15) is 4.79 Å². The van der Waals surface area contributed by atoms with Crippen LogP contribution in [0.2, 0.25) is 5.02 Å². The molecule has 0 aliphatic carbocycles. The third-order valence-electron chi connectivity index (χ3n) is 3.67. The number of likely N-dealkylation sites (tertiary alicyclic amines) is 1. The summed E-state index contributed by atoms with van der Waals surface area (Å²) in [5.41, 5.74) is 1.23. The molecule has 4 nitrogen and oxygen atoms in total. The second kappa shape index (κ2) is 5.90. The monoisotopic (exact) mass is 282 g/mol. The van der Waals surface area contributed by atoms with Crippen LogP contribution in [0.4, 0.5) is 0 Å². The van der Waals surface area contributed by atoms with E-state index in [0.717, 1.165) is 31.6 Å². The van der Waals surface area contributed by atoms with E-state index in [0.29, 0.717) is 11.1 Å². The highest BCUT2D eigenvalue weighted by molar-refractivity contribution is 6.31. The van der Waals surface area contributed by atoms with Crippen molar-refractivity contribution in [2.24, 2.45) is 0 Å². The van der Waals surface area contributed by atoms with Crippen molar-refractivity contribution in [3.8, 4) is 0 Å². The largest absolute Gasteiger partial charge is 0.478 e. The molecular formula is C14H19ClN2O2. The van der Waals surface area contributed by atoms with Gasteiger partial charge in [0.05, 0.1) is 5.56 Å². The van der Waals surface area contributed by atoms with E-state index in [4.69, 9.17) is 16.7 Å². The molecular weight excluding hydrogens is 264 g/mol. The fourth-order valence-corrected chi connectivity index (χ4v) is 2.67. The number of carbonyl (C=O) groups is 1. The van der Waals surface area contributed by atoms with Crippen molar-refractivity contribution in [1.29, 1.82) is 0 Å². The van der Waals surface area contributed by atoms with E-state index in [-0.39, 0.29) is 5.56 Å². The second-order valence-corrected chi connectivity index (χ2v) is 5.66. The summed E-state index contributed by atoms with van der Waals surface area (Å²) in [6, 6.07) is 5.55. The summed E-state index contributed by atoms with van der Waals surface area (Å²) in [5.74, 6) is -0.942. The summed E-state index contributed by atoms with van der Waals surface area (Å²) in [7, 11) is 4.20. The van der Waals surface area contributed by atoms with Crippen LogP contribution in [0.25, 0.3) is 0 Å². The summed E-state index contributed by atoms with van der Waals surface area (Å²) >= 11 is 6.15. The van der Waals surface area contributed by atoms with Gasteiger partial charge in [0.15, 0.2) is 0 Å². The number of hydrogen-bond donors (Lipinski definition) is 1. The number of rotatable bonds is 4. The predicted octanol–water partition coefficient (Wildman–Crippen LogP) is 2.17. The van der Waals surface area contributed by atoms with E-state index < -0.39 is 5.97 Å². The molecule has 5 heteroatoms.